The van der Waals surface area contributed by atoms with Gasteiger partial charge in [0.15, 0.2) is 0 Å². The fraction of sp³-hybridized carbons (Fsp3) is 0.545. The summed E-state index contributed by atoms with van der Waals surface area (Å²) in [5.74, 6) is 0. The molecular formula is C11H17N3O. The molecule has 1 unspecified atom stereocenters. The lowest BCUT2D eigenvalue weighted by Crippen LogP contribution is -2.30. The summed E-state index contributed by atoms with van der Waals surface area (Å²) < 4.78 is 0. The molecule has 1 aliphatic rings. The number of rotatable bonds is 2. The maximum atomic E-state index is 9.90. The molecule has 0 saturated carbocycles. The quantitative estimate of drug-likeness (QED) is 0.741. The molecule has 0 amide bonds. The van der Waals surface area contributed by atoms with Crippen LogP contribution in [0.1, 0.15) is 19.0 Å². The smallest absolute Gasteiger partial charge is 0.0810 e. The third kappa shape index (κ3) is 2.11. The number of nitrogens with two attached hydrogens (primary N) is 1. The van der Waals surface area contributed by atoms with Crippen molar-refractivity contribution in [1.82, 2.24) is 4.98 Å². The standard InChI is InChI=1S/C11H17N3O/c1-11(15)4-6-14(8-11)10-3-2-5-13-9(10)7-12/h2-3,5,15H,4,6-8,12H2,1H3. The molecule has 2 heterocycles. The van der Waals surface area contributed by atoms with Gasteiger partial charge in [-0.25, -0.2) is 0 Å². The Morgan fingerprint density at radius 2 is 2.47 bits per heavy atom. The molecule has 15 heavy (non-hydrogen) atoms. The molecule has 0 aliphatic carbocycles. The summed E-state index contributed by atoms with van der Waals surface area (Å²) in [4.78, 5) is 6.39. The maximum Gasteiger partial charge on any atom is 0.0810 e. The van der Waals surface area contributed by atoms with E-state index < -0.39 is 5.60 Å². The van der Waals surface area contributed by atoms with E-state index in [-0.39, 0.29) is 0 Å². The van der Waals surface area contributed by atoms with Crippen LogP contribution in [0.4, 0.5) is 5.69 Å². The van der Waals surface area contributed by atoms with Crippen molar-refractivity contribution in [3.63, 3.8) is 0 Å². The van der Waals surface area contributed by atoms with Crippen molar-refractivity contribution in [2.45, 2.75) is 25.5 Å². The van der Waals surface area contributed by atoms with Gasteiger partial charge in [0, 0.05) is 25.8 Å². The first kappa shape index (κ1) is 10.4. The summed E-state index contributed by atoms with van der Waals surface area (Å²) in [7, 11) is 0. The first-order valence-electron chi connectivity index (χ1n) is 5.24. The average Bonchev–Trinajstić information content (AvgIpc) is 2.59. The number of pyridine rings is 1. The van der Waals surface area contributed by atoms with E-state index in [2.05, 4.69) is 9.88 Å². The van der Waals surface area contributed by atoms with Crippen molar-refractivity contribution >= 4 is 5.69 Å². The van der Waals surface area contributed by atoms with Crippen LogP contribution in [-0.2, 0) is 6.54 Å². The van der Waals surface area contributed by atoms with E-state index >= 15 is 0 Å². The van der Waals surface area contributed by atoms with Gasteiger partial charge in [-0.2, -0.15) is 0 Å². The molecular weight excluding hydrogens is 190 g/mol. The second-order valence-corrected chi connectivity index (χ2v) is 4.34. The molecule has 1 saturated heterocycles. The van der Waals surface area contributed by atoms with Gasteiger partial charge in [0.2, 0.25) is 0 Å². The molecule has 1 aromatic rings. The highest BCUT2D eigenvalue weighted by molar-refractivity contribution is 5.51. The third-order valence-corrected chi connectivity index (χ3v) is 2.85. The molecule has 2 rings (SSSR count). The number of aliphatic hydroxyl groups is 1. The fourth-order valence-corrected chi connectivity index (χ4v) is 2.03. The van der Waals surface area contributed by atoms with Crippen LogP contribution in [0.5, 0.6) is 0 Å². The molecule has 82 valence electrons. The van der Waals surface area contributed by atoms with Crippen LogP contribution >= 0.6 is 0 Å². The highest BCUT2D eigenvalue weighted by Crippen LogP contribution is 2.27. The fourth-order valence-electron chi connectivity index (χ4n) is 2.03. The van der Waals surface area contributed by atoms with Gasteiger partial charge in [0.25, 0.3) is 0 Å². The second-order valence-electron chi connectivity index (χ2n) is 4.34. The van der Waals surface area contributed by atoms with Crippen LogP contribution < -0.4 is 10.6 Å². The summed E-state index contributed by atoms with van der Waals surface area (Å²) >= 11 is 0. The number of hydrogen-bond acceptors (Lipinski definition) is 4. The predicted molar refractivity (Wildman–Crippen MR) is 59.6 cm³/mol. The third-order valence-electron chi connectivity index (χ3n) is 2.85. The van der Waals surface area contributed by atoms with Crippen LogP contribution in [0, 0.1) is 0 Å². The number of aromatic nitrogens is 1. The minimum Gasteiger partial charge on any atom is -0.388 e. The van der Waals surface area contributed by atoms with Gasteiger partial charge in [0.1, 0.15) is 0 Å². The summed E-state index contributed by atoms with van der Waals surface area (Å²) in [5.41, 5.74) is 7.00. The van der Waals surface area contributed by atoms with E-state index in [1.54, 1.807) is 6.20 Å². The normalized spacial score (nSPS) is 25.9. The lowest BCUT2D eigenvalue weighted by atomic mass is 10.1. The van der Waals surface area contributed by atoms with Crippen molar-refractivity contribution in [2.24, 2.45) is 5.73 Å². The number of nitrogens with zero attached hydrogens (tertiary/aromatic N) is 2. The van der Waals surface area contributed by atoms with Crippen molar-refractivity contribution in [3.8, 4) is 0 Å². The van der Waals surface area contributed by atoms with Crippen LogP contribution in [0.15, 0.2) is 18.3 Å². The molecule has 1 aliphatic heterocycles. The van der Waals surface area contributed by atoms with Crippen LogP contribution in [0.2, 0.25) is 0 Å². The predicted octanol–water partition coefficient (Wildman–Crippen LogP) is 0.501. The lowest BCUT2D eigenvalue weighted by Gasteiger charge is -2.22. The van der Waals surface area contributed by atoms with Crippen molar-refractivity contribution in [1.29, 1.82) is 0 Å². The summed E-state index contributed by atoms with van der Waals surface area (Å²) in [6.07, 6.45) is 2.55. The van der Waals surface area contributed by atoms with E-state index in [1.807, 2.05) is 19.1 Å². The Morgan fingerprint density at radius 3 is 3.07 bits per heavy atom. The minimum atomic E-state index is -0.582. The molecule has 0 bridgehead atoms. The largest absolute Gasteiger partial charge is 0.388 e. The molecule has 4 heteroatoms. The average molecular weight is 207 g/mol. The van der Waals surface area contributed by atoms with Crippen molar-refractivity contribution < 1.29 is 5.11 Å². The van der Waals surface area contributed by atoms with E-state index in [0.717, 1.165) is 24.3 Å². The van der Waals surface area contributed by atoms with Crippen LogP contribution in [-0.4, -0.2) is 28.8 Å². The van der Waals surface area contributed by atoms with Gasteiger partial charge in [0.05, 0.1) is 17.0 Å². The first-order chi connectivity index (χ1) is 7.12. The van der Waals surface area contributed by atoms with Crippen molar-refractivity contribution in [3.05, 3.63) is 24.0 Å². The lowest BCUT2D eigenvalue weighted by molar-refractivity contribution is 0.0839. The zero-order valence-electron chi connectivity index (χ0n) is 8.98. The van der Waals surface area contributed by atoms with Crippen LogP contribution in [0.25, 0.3) is 0 Å². The number of β-amino-alcohol motifs (C(OH)–C–C–N with tert-alkyl or cyclic N) is 1. The van der Waals surface area contributed by atoms with Gasteiger partial charge < -0.3 is 15.7 Å². The molecule has 1 aromatic heterocycles. The second kappa shape index (κ2) is 3.79. The minimum absolute atomic E-state index is 0.439. The number of anilines is 1. The monoisotopic (exact) mass is 207 g/mol. The molecule has 0 spiro atoms. The summed E-state index contributed by atoms with van der Waals surface area (Å²) in [5, 5.41) is 9.90. The first-order valence-corrected chi connectivity index (χ1v) is 5.24. The Bertz CT molecular complexity index is 351. The van der Waals surface area contributed by atoms with E-state index in [1.165, 1.54) is 0 Å². The summed E-state index contributed by atoms with van der Waals surface area (Å²) in [6.45, 7) is 3.83. The summed E-state index contributed by atoms with van der Waals surface area (Å²) in [6, 6.07) is 3.91. The Labute approximate surface area is 89.7 Å². The number of hydrogen-bond donors (Lipinski definition) is 2. The van der Waals surface area contributed by atoms with Crippen molar-refractivity contribution in [2.75, 3.05) is 18.0 Å². The SMILES string of the molecule is CC1(O)CCN(c2cccnc2CN)C1. The Hall–Kier alpha value is -1.13. The van der Waals surface area contributed by atoms with Gasteiger partial charge >= 0.3 is 0 Å². The van der Waals surface area contributed by atoms with Crippen LogP contribution in [0.3, 0.4) is 0 Å². The van der Waals surface area contributed by atoms with E-state index in [9.17, 15) is 5.11 Å². The van der Waals surface area contributed by atoms with Gasteiger partial charge in [-0.3, -0.25) is 4.98 Å². The maximum absolute atomic E-state index is 9.90. The molecule has 1 atom stereocenters. The Morgan fingerprint density at radius 1 is 1.67 bits per heavy atom. The van der Waals surface area contributed by atoms with E-state index in [0.29, 0.717) is 13.1 Å². The highest BCUT2D eigenvalue weighted by atomic mass is 16.3. The van der Waals surface area contributed by atoms with E-state index in [4.69, 9.17) is 5.73 Å². The molecule has 0 aromatic carbocycles. The Balaban J connectivity index is 2.23. The Kier molecular flexibility index (Phi) is 2.63. The zero-order chi connectivity index (χ0) is 10.9. The topological polar surface area (TPSA) is 62.4 Å². The van der Waals surface area contributed by atoms with Gasteiger partial charge in [-0.15, -0.1) is 0 Å². The zero-order valence-corrected chi connectivity index (χ0v) is 8.98. The highest BCUT2D eigenvalue weighted by Gasteiger charge is 2.32. The molecule has 0 radical (unpaired) electrons. The van der Waals surface area contributed by atoms with Gasteiger partial charge in [-0.05, 0) is 25.5 Å². The molecule has 1 fully saturated rings. The molecule has 4 nitrogen and oxygen atoms in total. The van der Waals surface area contributed by atoms with Gasteiger partial charge in [-0.1, -0.05) is 0 Å². The molecule has 3 N–H and O–H groups in total.